The number of nitrogens with zero attached hydrogens (tertiary/aromatic N) is 3. The van der Waals surface area contributed by atoms with E-state index in [4.69, 9.17) is 9.98 Å². The SMILES string of the molecule is BCC1=c2c(sc3c(B)cc(O)c(B)c23)=C(B)CC(B)=C1C(=N/Cc1c(B)c(B)c(B)c2sc3c(B)c(B)c(B)c(B)c3c12)/N=C(\N=C)c1ccc(-c2cccc(C3=CCC=CC=C3)c2)cc1. The van der Waals surface area contributed by atoms with Crippen LogP contribution in [0.25, 0.3) is 58.0 Å². The van der Waals surface area contributed by atoms with Gasteiger partial charge in [-0.2, -0.15) is 0 Å². The Labute approximate surface area is 413 Å². The zero-order chi connectivity index (χ0) is 47.6. The van der Waals surface area contributed by atoms with Crippen LogP contribution in [0.1, 0.15) is 29.5 Å². The molecule has 0 saturated heterocycles. The molecule has 2 aliphatic carbocycles. The fourth-order valence-corrected chi connectivity index (χ4v) is 13.3. The van der Waals surface area contributed by atoms with Crippen LogP contribution >= 0.6 is 22.7 Å². The second-order valence-corrected chi connectivity index (χ2v) is 20.8. The Morgan fingerprint density at radius 2 is 1.34 bits per heavy atom. The molecule has 2 aromatic heterocycles. The van der Waals surface area contributed by atoms with Crippen LogP contribution in [0.15, 0.2) is 111 Å². The number of rotatable bonds is 7. The first-order valence-corrected chi connectivity index (χ1v) is 25.2. The molecule has 0 atom stereocenters. The Bertz CT molecular complexity index is 3640. The molecular weight excluding hydrogens is 840 g/mol. The molecule has 0 aliphatic heterocycles. The van der Waals surface area contributed by atoms with Gasteiger partial charge in [0.2, 0.25) is 0 Å². The molecule has 314 valence electrons. The molecule has 0 unspecified atom stereocenters. The van der Waals surface area contributed by atoms with Gasteiger partial charge in [0.15, 0.2) is 11.7 Å². The number of hydrogen-bond acceptors (Lipinski definition) is 4. The van der Waals surface area contributed by atoms with Gasteiger partial charge in [-0.25, -0.2) is 9.98 Å². The van der Waals surface area contributed by atoms with E-state index in [0.29, 0.717) is 24.0 Å². The first kappa shape index (κ1) is 46.7. The topological polar surface area (TPSA) is 57.3 Å². The summed E-state index contributed by atoms with van der Waals surface area (Å²) in [6.07, 6.45) is 13.3. The van der Waals surface area contributed by atoms with Crippen molar-refractivity contribution < 1.29 is 5.11 Å². The van der Waals surface area contributed by atoms with Gasteiger partial charge < -0.3 is 5.11 Å². The molecule has 0 spiro atoms. The first-order chi connectivity index (χ1) is 32.1. The zero-order valence-electron chi connectivity index (χ0n) is 41.2. The molecule has 9 rings (SSSR count). The number of fused-ring (bicyclic) bond motifs is 6. The van der Waals surface area contributed by atoms with Crippen molar-refractivity contribution in [3.8, 4) is 16.9 Å². The number of phenolic OH excluding ortho intramolecular Hbond substituents is 1. The lowest BCUT2D eigenvalue weighted by molar-refractivity contribution is 0.481. The normalized spacial score (nSPS) is 14.5. The molecule has 0 fully saturated rings. The predicted octanol–water partition coefficient (Wildman–Crippen LogP) is -7.15. The second-order valence-electron chi connectivity index (χ2n) is 18.7. The lowest BCUT2D eigenvalue weighted by atomic mass is 9.64. The summed E-state index contributed by atoms with van der Waals surface area (Å²) >= 11 is 3.78. The number of allylic oxidation sites excluding steroid dienone is 7. The molecule has 0 bridgehead atoms. The van der Waals surface area contributed by atoms with E-state index < -0.39 is 0 Å². The van der Waals surface area contributed by atoms with Crippen molar-refractivity contribution in [3.63, 3.8) is 0 Å². The average molecular weight is 890 g/mol. The van der Waals surface area contributed by atoms with E-state index in [1.165, 1.54) is 106 Å². The molecule has 1 N–H and O–H groups in total. The van der Waals surface area contributed by atoms with Crippen LogP contribution in [0, 0.1) is 0 Å². The minimum absolute atomic E-state index is 0.328. The summed E-state index contributed by atoms with van der Waals surface area (Å²) in [5.74, 6) is 1.52. The van der Waals surface area contributed by atoms with E-state index in [-0.39, 0.29) is 0 Å². The van der Waals surface area contributed by atoms with Gasteiger partial charge in [-0.15, -0.1) is 33.6 Å². The number of aliphatic imine (C=N–C) groups is 3. The molecule has 67 heavy (non-hydrogen) atoms. The van der Waals surface area contributed by atoms with Gasteiger partial charge in [-0.1, -0.05) is 123 Å². The highest BCUT2D eigenvalue weighted by molar-refractivity contribution is 7.28. The molecule has 18 heteroatoms. The lowest BCUT2D eigenvalue weighted by Gasteiger charge is -2.18. The maximum atomic E-state index is 11.3. The number of aromatic hydroxyl groups is 1. The average Bonchev–Trinajstić information content (AvgIpc) is 3.78. The Balaban J connectivity index is 1.27. The van der Waals surface area contributed by atoms with E-state index >= 15 is 0 Å². The molecule has 7 aromatic rings. The standard InChI is InChI=1S/C49H49B12N3OS2/c1-62-48(22-13-11-21(12-14-22)24-10-6-9-23(15-24)20-7-4-2-3-5-8-20)64-49(31-25(18-50)32-34-37(55)30(65)17-29(53)45(34)66-44(32)28(52)16-27(31)51)63-19-26-33-35-38(56)40(58)41(59)43(61)47(35)67-46(33)42(60)39(57)36(26)54/h2-4,6-15,17,65H,1,5,16,18-19,50-61H2/b63-49-,64-48-. The van der Waals surface area contributed by atoms with Crippen molar-refractivity contribution in [2.75, 3.05) is 0 Å². The highest BCUT2D eigenvalue weighted by Gasteiger charge is 2.25. The molecule has 0 saturated carbocycles. The highest BCUT2D eigenvalue weighted by Crippen LogP contribution is 2.33. The Morgan fingerprint density at radius 3 is 2.06 bits per heavy atom. The Morgan fingerprint density at radius 1 is 0.657 bits per heavy atom. The number of amidine groups is 2. The van der Waals surface area contributed by atoms with Crippen molar-refractivity contribution in [2.45, 2.75) is 25.7 Å². The molecule has 2 heterocycles. The van der Waals surface area contributed by atoms with Crippen LogP contribution in [-0.2, 0) is 6.54 Å². The van der Waals surface area contributed by atoms with Crippen LogP contribution in [0.4, 0.5) is 0 Å². The smallest absolute Gasteiger partial charge is 0.161 e. The largest absolute Gasteiger partial charge is 0.509 e. The first-order valence-electron chi connectivity index (χ1n) is 23.6. The summed E-state index contributed by atoms with van der Waals surface area (Å²) in [5, 5.41) is 16.3. The van der Waals surface area contributed by atoms with Crippen LogP contribution in [0.2, 0.25) is 6.32 Å². The fourth-order valence-electron chi connectivity index (χ4n) is 10.5. The minimum Gasteiger partial charge on any atom is -0.509 e. The third-order valence-electron chi connectivity index (χ3n) is 14.9. The van der Waals surface area contributed by atoms with Crippen molar-refractivity contribution in [2.24, 2.45) is 15.0 Å². The maximum Gasteiger partial charge on any atom is 0.161 e. The highest BCUT2D eigenvalue weighted by atomic mass is 32.1. The van der Waals surface area contributed by atoms with Gasteiger partial charge in [-0.05, 0) is 81.3 Å². The van der Waals surface area contributed by atoms with Crippen LogP contribution in [0.5, 0.6) is 5.75 Å². The number of benzene rings is 5. The summed E-state index contributed by atoms with van der Waals surface area (Å²) in [4.78, 5) is 15.9. The fraction of sp³-hybridized carbons (Fsp3) is 0.0816. The van der Waals surface area contributed by atoms with E-state index in [1.807, 2.05) is 28.7 Å². The maximum absolute atomic E-state index is 11.3. The van der Waals surface area contributed by atoms with Gasteiger partial charge in [0, 0.05) is 40.4 Å². The van der Waals surface area contributed by atoms with E-state index in [0.717, 1.165) is 57.7 Å². The summed E-state index contributed by atoms with van der Waals surface area (Å²) < 4.78 is 5.22. The van der Waals surface area contributed by atoms with Gasteiger partial charge in [0.1, 0.15) is 99.9 Å². The van der Waals surface area contributed by atoms with Crippen LogP contribution in [0.3, 0.4) is 0 Å². The summed E-state index contributed by atoms with van der Waals surface area (Å²) in [7, 11) is 26.9. The summed E-state index contributed by atoms with van der Waals surface area (Å²) in [5.41, 5.74) is 23.0. The second kappa shape index (κ2) is 18.6. The zero-order valence-corrected chi connectivity index (χ0v) is 42.9. The molecule has 0 amide bonds. The Kier molecular flexibility index (Phi) is 12.9. The summed E-state index contributed by atoms with van der Waals surface area (Å²) in [6, 6.07) is 19.2. The van der Waals surface area contributed by atoms with Crippen molar-refractivity contribution in [3.05, 3.63) is 122 Å². The van der Waals surface area contributed by atoms with Crippen LogP contribution < -0.4 is 58.9 Å². The van der Waals surface area contributed by atoms with Crippen LogP contribution in [-0.4, -0.2) is 118 Å². The summed E-state index contributed by atoms with van der Waals surface area (Å²) in [6.45, 7) is 4.58. The Hall–Kier alpha value is -5.43. The van der Waals surface area contributed by atoms with Gasteiger partial charge >= 0.3 is 0 Å². The molecular formula is C49H49B12N3OS2. The van der Waals surface area contributed by atoms with E-state index in [1.54, 1.807) is 0 Å². The van der Waals surface area contributed by atoms with E-state index in [2.05, 4.69) is 185 Å². The predicted molar refractivity (Wildman–Crippen MR) is 335 cm³/mol. The van der Waals surface area contributed by atoms with E-state index in [9.17, 15) is 5.11 Å². The third kappa shape index (κ3) is 8.06. The molecule has 5 aromatic carbocycles. The number of thiophene rings is 2. The molecule has 0 radical (unpaired) electrons. The minimum atomic E-state index is 0.328. The number of phenols is 1. The monoisotopic (exact) mass is 891 g/mol. The lowest BCUT2D eigenvalue weighted by Crippen LogP contribution is -2.47. The van der Waals surface area contributed by atoms with Gasteiger partial charge in [0.05, 0.1) is 6.54 Å². The van der Waals surface area contributed by atoms with Crippen molar-refractivity contribution >= 4 is 231 Å². The van der Waals surface area contributed by atoms with Crippen molar-refractivity contribution in [1.29, 1.82) is 0 Å². The molecule has 4 nitrogen and oxygen atoms in total. The van der Waals surface area contributed by atoms with Gasteiger partial charge in [0.25, 0.3) is 0 Å². The van der Waals surface area contributed by atoms with Gasteiger partial charge in [-0.3, -0.25) is 4.99 Å². The van der Waals surface area contributed by atoms with Crippen molar-refractivity contribution in [1.82, 2.24) is 0 Å². The number of hydrogen-bond donors (Lipinski definition) is 1. The third-order valence-corrected chi connectivity index (χ3v) is 17.8. The quantitative estimate of drug-likeness (QED) is 0.0968. The molecule has 2 aliphatic rings.